The highest BCUT2D eigenvalue weighted by Gasteiger charge is 2.30. The van der Waals surface area contributed by atoms with Crippen molar-refractivity contribution in [2.75, 3.05) is 19.7 Å². The van der Waals surface area contributed by atoms with E-state index in [0.717, 1.165) is 13.2 Å². The molecule has 3 rings (SSSR count). The van der Waals surface area contributed by atoms with Crippen molar-refractivity contribution in [3.63, 3.8) is 0 Å². The number of hydrogen-bond donors (Lipinski definition) is 0. The van der Waals surface area contributed by atoms with Gasteiger partial charge >= 0.3 is 0 Å². The predicted octanol–water partition coefficient (Wildman–Crippen LogP) is 2.27. The monoisotopic (exact) mass is 203 g/mol. The van der Waals surface area contributed by atoms with Gasteiger partial charge < -0.3 is 4.74 Å². The summed E-state index contributed by atoms with van der Waals surface area (Å²) in [6, 6.07) is 6.58. The molecule has 1 unspecified atom stereocenters. The molecule has 0 bridgehead atoms. The quantitative estimate of drug-likeness (QED) is 0.641. The van der Waals surface area contributed by atoms with Crippen LogP contribution in [0.5, 0.6) is 0 Å². The van der Waals surface area contributed by atoms with Crippen LogP contribution in [0.2, 0.25) is 0 Å². The summed E-state index contributed by atoms with van der Waals surface area (Å²) in [5.41, 5.74) is 4.34. The van der Waals surface area contributed by atoms with E-state index in [1.165, 1.54) is 36.1 Å². The molecule has 1 atom stereocenters. The Bertz CT molecular complexity index is 375. The van der Waals surface area contributed by atoms with E-state index in [1.807, 2.05) is 0 Å². The molecule has 1 saturated heterocycles. The van der Waals surface area contributed by atoms with Crippen LogP contribution in [0.4, 0.5) is 0 Å². The highest BCUT2D eigenvalue weighted by molar-refractivity contribution is 5.37. The van der Waals surface area contributed by atoms with Crippen molar-refractivity contribution in [2.24, 2.45) is 0 Å². The van der Waals surface area contributed by atoms with Gasteiger partial charge in [-0.2, -0.15) is 0 Å². The Balaban J connectivity index is 2.03. The third kappa shape index (κ3) is 1.48. The van der Waals surface area contributed by atoms with Crippen LogP contribution >= 0.6 is 0 Å². The minimum absolute atomic E-state index is 0.238. The van der Waals surface area contributed by atoms with E-state index in [1.54, 1.807) is 0 Å². The number of benzene rings is 1. The molecule has 0 aliphatic carbocycles. The fourth-order valence-corrected chi connectivity index (χ4v) is 2.75. The van der Waals surface area contributed by atoms with E-state index in [0.29, 0.717) is 0 Å². The molecule has 1 aromatic rings. The first kappa shape index (κ1) is 9.37. The van der Waals surface area contributed by atoms with Crippen LogP contribution in [0.3, 0.4) is 0 Å². The number of hydrogen-bond acceptors (Lipinski definition) is 2. The zero-order chi connectivity index (χ0) is 10.3. The minimum Gasteiger partial charge on any atom is -0.359 e. The Labute approximate surface area is 90.8 Å². The fourth-order valence-electron chi connectivity index (χ4n) is 2.75. The second-order valence-electron chi connectivity index (χ2n) is 4.51. The van der Waals surface area contributed by atoms with Gasteiger partial charge in [-0.25, -0.2) is 0 Å². The molecule has 0 aromatic heterocycles. The SMILES string of the molecule is Cc1cccc2c1CCN1CCCOC21. The second-order valence-corrected chi connectivity index (χ2v) is 4.51. The van der Waals surface area contributed by atoms with E-state index in [-0.39, 0.29) is 6.23 Å². The van der Waals surface area contributed by atoms with Gasteiger partial charge in [-0.3, -0.25) is 4.90 Å². The molecule has 2 heterocycles. The molecule has 2 heteroatoms. The molecule has 15 heavy (non-hydrogen) atoms. The highest BCUT2D eigenvalue weighted by atomic mass is 16.5. The highest BCUT2D eigenvalue weighted by Crippen LogP contribution is 2.34. The summed E-state index contributed by atoms with van der Waals surface area (Å²) >= 11 is 0. The average molecular weight is 203 g/mol. The smallest absolute Gasteiger partial charge is 0.137 e. The average Bonchev–Trinajstić information content (AvgIpc) is 2.29. The third-order valence-corrected chi connectivity index (χ3v) is 3.56. The lowest BCUT2D eigenvalue weighted by atomic mass is 9.93. The number of fused-ring (bicyclic) bond motifs is 3. The predicted molar refractivity (Wildman–Crippen MR) is 59.8 cm³/mol. The van der Waals surface area contributed by atoms with Gasteiger partial charge in [-0.05, 0) is 36.5 Å². The van der Waals surface area contributed by atoms with Gasteiger partial charge in [-0.15, -0.1) is 0 Å². The molecule has 2 aliphatic rings. The van der Waals surface area contributed by atoms with Crippen molar-refractivity contribution in [3.05, 3.63) is 34.9 Å². The van der Waals surface area contributed by atoms with E-state index < -0.39 is 0 Å². The van der Waals surface area contributed by atoms with E-state index >= 15 is 0 Å². The Morgan fingerprint density at radius 1 is 1.33 bits per heavy atom. The molecular weight excluding hydrogens is 186 g/mol. The molecule has 1 aromatic carbocycles. The molecule has 0 radical (unpaired) electrons. The summed E-state index contributed by atoms with van der Waals surface area (Å²) in [5.74, 6) is 0. The van der Waals surface area contributed by atoms with Crippen molar-refractivity contribution < 1.29 is 4.74 Å². The fraction of sp³-hybridized carbons (Fsp3) is 0.538. The summed E-state index contributed by atoms with van der Waals surface area (Å²) in [6.07, 6.45) is 2.60. The van der Waals surface area contributed by atoms with Crippen LogP contribution < -0.4 is 0 Å². The molecule has 0 spiro atoms. The summed E-state index contributed by atoms with van der Waals surface area (Å²) in [5, 5.41) is 0. The normalized spacial score (nSPS) is 25.8. The minimum atomic E-state index is 0.238. The zero-order valence-electron chi connectivity index (χ0n) is 9.20. The van der Waals surface area contributed by atoms with E-state index in [9.17, 15) is 0 Å². The van der Waals surface area contributed by atoms with Crippen molar-refractivity contribution in [2.45, 2.75) is 26.0 Å². The summed E-state index contributed by atoms with van der Waals surface area (Å²) < 4.78 is 5.89. The van der Waals surface area contributed by atoms with Crippen LogP contribution in [-0.4, -0.2) is 24.6 Å². The van der Waals surface area contributed by atoms with Gasteiger partial charge in [0.25, 0.3) is 0 Å². The number of rotatable bonds is 0. The Morgan fingerprint density at radius 2 is 2.27 bits per heavy atom. The lowest BCUT2D eigenvalue weighted by Gasteiger charge is -2.40. The zero-order valence-corrected chi connectivity index (χ0v) is 9.20. The van der Waals surface area contributed by atoms with Crippen molar-refractivity contribution in [1.29, 1.82) is 0 Å². The molecule has 2 aliphatic heterocycles. The van der Waals surface area contributed by atoms with Crippen molar-refractivity contribution in [3.8, 4) is 0 Å². The molecule has 0 saturated carbocycles. The number of aryl methyl sites for hydroxylation is 1. The lowest BCUT2D eigenvalue weighted by molar-refractivity contribution is -0.103. The lowest BCUT2D eigenvalue weighted by Crippen LogP contribution is -2.41. The number of ether oxygens (including phenoxy) is 1. The standard InChI is InChI=1S/C13H17NO/c1-10-4-2-5-12-11(10)6-8-14-7-3-9-15-13(12)14/h2,4-5,13H,3,6-9H2,1H3. The maximum Gasteiger partial charge on any atom is 0.137 e. The van der Waals surface area contributed by atoms with Gasteiger partial charge in [0, 0.05) is 13.1 Å². The van der Waals surface area contributed by atoms with Gasteiger partial charge in [-0.1, -0.05) is 18.2 Å². The molecule has 2 nitrogen and oxygen atoms in total. The molecule has 80 valence electrons. The van der Waals surface area contributed by atoms with Crippen molar-refractivity contribution in [1.82, 2.24) is 4.90 Å². The van der Waals surface area contributed by atoms with Gasteiger partial charge in [0.05, 0.1) is 6.61 Å². The summed E-state index contributed by atoms with van der Waals surface area (Å²) in [6.45, 7) is 5.46. The first-order chi connectivity index (χ1) is 7.36. The summed E-state index contributed by atoms with van der Waals surface area (Å²) in [4.78, 5) is 2.46. The van der Waals surface area contributed by atoms with E-state index in [4.69, 9.17) is 4.74 Å². The Hall–Kier alpha value is -0.860. The molecule has 0 N–H and O–H groups in total. The molecular formula is C13H17NO. The van der Waals surface area contributed by atoms with Crippen LogP contribution in [0.1, 0.15) is 29.3 Å². The first-order valence-corrected chi connectivity index (χ1v) is 5.80. The summed E-state index contributed by atoms with van der Waals surface area (Å²) in [7, 11) is 0. The maximum absolute atomic E-state index is 5.89. The number of nitrogens with zero attached hydrogens (tertiary/aromatic N) is 1. The maximum atomic E-state index is 5.89. The van der Waals surface area contributed by atoms with Crippen LogP contribution in [0.15, 0.2) is 18.2 Å². The second kappa shape index (κ2) is 3.62. The third-order valence-electron chi connectivity index (χ3n) is 3.56. The Morgan fingerprint density at radius 3 is 3.20 bits per heavy atom. The van der Waals surface area contributed by atoms with Crippen molar-refractivity contribution >= 4 is 0 Å². The van der Waals surface area contributed by atoms with Gasteiger partial charge in [0.15, 0.2) is 0 Å². The Kier molecular flexibility index (Phi) is 2.26. The topological polar surface area (TPSA) is 12.5 Å². The largest absolute Gasteiger partial charge is 0.359 e. The van der Waals surface area contributed by atoms with E-state index in [2.05, 4.69) is 30.0 Å². The van der Waals surface area contributed by atoms with Gasteiger partial charge in [0.2, 0.25) is 0 Å². The van der Waals surface area contributed by atoms with Crippen LogP contribution in [0.25, 0.3) is 0 Å². The van der Waals surface area contributed by atoms with Crippen LogP contribution in [0, 0.1) is 6.92 Å². The first-order valence-electron chi connectivity index (χ1n) is 5.80. The van der Waals surface area contributed by atoms with Gasteiger partial charge in [0.1, 0.15) is 6.23 Å². The van der Waals surface area contributed by atoms with Crippen LogP contribution in [-0.2, 0) is 11.2 Å². The molecule has 0 amide bonds. The molecule has 1 fully saturated rings.